The molecule has 0 aromatic rings. The van der Waals surface area contributed by atoms with Gasteiger partial charge in [0.25, 0.3) is 0 Å². The topological polar surface area (TPSA) is 80.9 Å². The summed E-state index contributed by atoms with van der Waals surface area (Å²) in [6, 6.07) is 0. The molecule has 0 rings (SSSR count). The summed E-state index contributed by atoms with van der Waals surface area (Å²) in [6.07, 6.45) is 0. The van der Waals surface area contributed by atoms with Gasteiger partial charge in [-0.3, -0.25) is 0 Å². The smallest absolute Gasteiger partial charge is 0.368 e. The van der Waals surface area contributed by atoms with E-state index >= 15 is 0 Å². The molecule has 48 valence electrons. The summed E-state index contributed by atoms with van der Waals surface area (Å²) in [6.45, 7) is 0. The summed E-state index contributed by atoms with van der Waals surface area (Å²) in [7, 11) is -4.61. The van der Waals surface area contributed by atoms with Crippen LogP contribution < -0.4 is 29.6 Å². The SMILES string of the molecule is O[Si](O)(O)O.[CH3-].[Na+].[SiH4]. The van der Waals surface area contributed by atoms with Crippen LogP contribution in [0.5, 0.6) is 0 Å². The van der Waals surface area contributed by atoms with Gasteiger partial charge in [-0.1, -0.05) is 0 Å². The molecule has 0 aliphatic heterocycles. The molecule has 0 aromatic carbocycles. The van der Waals surface area contributed by atoms with Gasteiger partial charge >= 0.3 is 38.6 Å². The molecular weight excluding hydrogens is 155 g/mol. The monoisotopic (exact) mass is 166 g/mol. The molecule has 0 fully saturated rings. The molecule has 8 heavy (non-hydrogen) atoms. The van der Waals surface area contributed by atoms with Gasteiger partial charge in [0.05, 0.1) is 0 Å². The predicted octanol–water partition coefficient (Wildman–Crippen LogP) is -6.61. The van der Waals surface area contributed by atoms with Gasteiger partial charge in [0, 0.05) is 0 Å². The van der Waals surface area contributed by atoms with E-state index < -0.39 is 9.05 Å². The summed E-state index contributed by atoms with van der Waals surface area (Å²) >= 11 is 0. The summed E-state index contributed by atoms with van der Waals surface area (Å²) in [5.41, 5.74) is 0. The van der Waals surface area contributed by atoms with Crippen molar-refractivity contribution < 1.29 is 48.7 Å². The molecule has 0 radical (unpaired) electrons. The Bertz CT molecular complexity index is 29.5. The van der Waals surface area contributed by atoms with Crippen LogP contribution >= 0.6 is 0 Å². The van der Waals surface area contributed by atoms with Crippen LogP contribution in [-0.4, -0.2) is 39.2 Å². The van der Waals surface area contributed by atoms with Crippen LogP contribution in [0.2, 0.25) is 0 Å². The Labute approximate surface area is 76.0 Å². The second kappa shape index (κ2) is 8.27. The molecule has 0 amide bonds. The number of hydrogen-bond acceptors (Lipinski definition) is 4. The van der Waals surface area contributed by atoms with Crippen LogP contribution in [0.15, 0.2) is 0 Å². The zero-order valence-electron chi connectivity index (χ0n) is 4.29. The molecule has 0 aliphatic rings. The Morgan fingerprint density at radius 1 is 0.875 bits per heavy atom. The second-order valence-corrected chi connectivity index (χ2v) is 1.80. The molecule has 7 heteroatoms. The van der Waals surface area contributed by atoms with Crippen LogP contribution in [0.3, 0.4) is 0 Å². The van der Waals surface area contributed by atoms with E-state index in [1.54, 1.807) is 0 Å². The van der Waals surface area contributed by atoms with E-state index in [-0.39, 0.29) is 47.9 Å². The summed E-state index contributed by atoms with van der Waals surface area (Å²) in [5, 5.41) is 0. The van der Waals surface area contributed by atoms with Gasteiger partial charge in [0.2, 0.25) is 0 Å². The van der Waals surface area contributed by atoms with E-state index in [9.17, 15) is 0 Å². The summed E-state index contributed by atoms with van der Waals surface area (Å²) in [5.74, 6) is 0. The van der Waals surface area contributed by atoms with E-state index in [1.165, 1.54) is 0 Å². The van der Waals surface area contributed by atoms with Gasteiger partial charge in [0.1, 0.15) is 0 Å². The van der Waals surface area contributed by atoms with Gasteiger partial charge < -0.3 is 26.6 Å². The standard InChI is InChI=1S/CH3.Na.H4O4Si.H4Si/c;;1-5(2,3)4;/h1H3;;1-4H;1H4/q-1;+1;;. The van der Waals surface area contributed by atoms with Crippen molar-refractivity contribution in [3.8, 4) is 0 Å². The molecule has 0 aromatic heterocycles. The Balaban J connectivity index is -0.0000000267. The van der Waals surface area contributed by atoms with Crippen LogP contribution in [0.1, 0.15) is 0 Å². The average Bonchev–Trinajstić information content (AvgIpc) is 0.722. The van der Waals surface area contributed by atoms with Crippen molar-refractivity contribution in [3.05, 3.63) is 7.43 Å². The minimum atomic E-state index is -4.61. The first kappa shape index (κ1) is 22.8. The Morgan fingerprint density at radius 2 is 0.875 bits per heavy atom. The molecule has 0 bridgehead atoms. The third-order valence-electron chi connectivity index (χ3n) is 0. The fourth-order valence-electron chi connectivity index (χ4n) is 0. The van der Waals surface area contributed by atoms with Crippen molar-refractivity contribution in [3.63, 3.8) is 0 Å². The number of rotatable bonds is 0. The maximum atomic E-state index is 7.33. The molecule has 0 saturated carbocycles. The minimum Gasteiger partial charge on any atom is -0.368 e. The molecule has 0 spiro atoms. The predicted molar refractivity (Wildman–Crippen MR) is 32.4 cm³/mol. The van der Waals surface area contributed by atoms with Gasteiger partial charge in [0.15, 0.2) is 0 Å². The van der Waals surface area contributed by atoms with Gasteiger partial charge in [-0.05, 0) is 11.0 Å². The first-order valence-corrected chi connectivity index (χ1v) is 2.68. The van der Waals surface area contributed by atoms with Crippen LogP contribution in [0, 0.1) is 7.43 Å². The maximum absolute atomic E-state index is 7.33. The Hall–Kier alpha value is 1.27. The molecule has 0 aliphatic carbocycles. The zero-order valence-corrected chi connectivity index (χ0v) is 7.29. The fourth-order valence-corrected chi connectivity index (χ4v) is 0. The van der Waals surface area contributed by atoms with Crippen molar-refractivity contribution in [2.24, 2.45) is 0 Å². The fraction of sp³-hybridized carbons (Fsp3) is 0. The molecule has 4 N–H and O–H groups in total. The average molecular weight is 166 g/mol. The van der Waals surface area contributed by atoms with E-state index in [4.69, 9.17) is 19.2 Å². The van der Waals surface area contributed by atoms with Crippen molar-refractivity contribution in [2.45, 2.75) is 0 Å². The minimum absolute atomic E-state index is 0. The van der Waals surface area contributed by atoms with Crippen molar-refractivity contribution >= 4 is 20.0 Å². The second-order valence-electron chi connectivity index (χ2n) is 0.600. The molecule has 0 heterocycles. The largest absolute Gasteiger partial charge is 1.00 e. The molecule has 0 unspecified atom stereocenters. The third kappa shape index (κ3) is 176. The van der Waals surface area contributed by atoms with Crippen LogP contribution in [-0.2, 0) is 0 Å². The van der Waals surface area contributed by atoms with Gasteiger partial charge in [-0.2, -0.15) is 0 Å². The Kier molecular flexibility index (Phi) is 23.6. The maximum Gasteiger partial charge on any atom is 1.00 e. The first-order chi connectivity index (χ1) is 2.00. The molecule has 4 nitrogen and oxygen atoms in total. The van der Waals surface area contributed by atoms with E-state index in [1.807, 2.05) is 0 Å². The quantitative estimate of drug-likeness (QED) is 0.213. The third-order valence-corrected chi connectivity index (χ3v) is 0. The van der Waals surface area contributed by atoms with E-state index in [2.05, 4.69) is 0 Å². The van der Waals surface area contributed by atoms with Crippen molar-refractivity contribution in [1.82, 2.24) is 0 Å². The first-order valence-electron chi connectivity index (χ1n) is 0.894. The molecule has 0 saturated heterocycles. The Morgan fingerprint density at radius 3 is 0.875 bits per heavy atom. The van der Waals surface area contributed by atoms with Crippen LogP contribution in [0.4, 0.5) is 0 Å². The normalized spacial score (nSPS) is 7.50. The van der Waals surface area contributed by atoms with E-state index in [0.717, 1.165) is 0 Å². The van der Waals surface area contributed by atoms with Gasteiger partial charge in [-0.25, -0.2) is 0 Å². The molecular formula is CH11NaO4Si2. The van der Waals surface area contributed by atoms with Crippen molar-refractivity contribution in [2.75, 3.05) is 0 Å². The summed E-state index contributed by atoms with van der Waals surface area (Å²) < 4.78 is 0. The van der Waals surface area contributed by atoms with E-state index in [0.29, 0.717) is 0 Å². The molecule has 0 atom stereocenters. The number of hydrogen-bond donors (Lipinski definition) is 4. The summed E-state index contributed by atoms with van der Waals surface area (Å²) in [4.78, 5) is 29.3. The van der Waals surface area contributed by atoms with Gasteiger partial charge in [-0.15, -0.1) is 0 Å². The zero-order chi connectivity index (χ0) is 4.50. The van der Waals surface area contributed by atoms with Crippen LogP contribution in [0.25, 0.3) is 0 Å². The van der Waals surface area contributed by atoms with Crippen molar-refractivity contribution in [1.29, 1.82) is 0 Å².